The van der Waals surface area contributed by atoms with Crippen LogP contribution >= 0.6 is 37.2 Å². The van der Waals surface area contributed by atoms with Gasteiger partial charge < -0.3 is 38.6 Å². The van der Waals surface area contributed by atoms with E-state index in [2.05, 4.69) is 37.2 Å². The number of epoxide rings is 2. The molecule has 4 aliphatic rings. The number of methoxy groups -OCH3 is 2. The van der Waals surface area contributed by atoms with Crippen LogP contribution in [0.25, 0.3) is 0 Å². The second-order valence-corrected chi connectivity index (χ2v) is 30.2. The van der Waals surface area contributed by atoms with Crippen molar-refractivity contribution >= 4 is 57.5 Å². The minimum absolute atomic E-state index is 0. The summed E-state index contributed by atoms with van der Waals surface area (Å²) in [5, 5.41) is 20.5. The number of aliphatic hydroxyl groups is 2. The van der Waals surface area contributed by atoms with Crippen molar-refractivity contribution in [3.05, 3.63) is 59.7 Å². The van der Waals surface area contributed by atoms with Gasteiger partial charge in [-0.15, -0.1) is 0 Å². The van der Waals surface area contributed by atoms with E-state index in [1.54, 1.807) is 45.2 Å². The van der Waals surface area contributed by atoms with Crippen LogP contribution in [0, 0.1) is 13.8 Å². The van der Waals surface area contributed by atoms with Crippen molar-refractivity contribution in [1.82, 2.24) is 0 Å². The Morgan fingerprint density at radius 1 is 0.833 bits per heavy atom. The molecule has 0 aliphatic carbocycles. The van der Waals surface area contributed by atoms with Crippen LogP contribution in [0.3, 0.4) is 0 Å². The summed E-state index contributed by atoms with van der Waals surface area (Å²) in [5.41, 5.74) is 1.67. The fraction of sp³-hybridized carbons (Fsp3) is 0.586. The molecule has 6 rings (SSSR count). The molecule has 0 amide bonds. The molecule has 4 unspecified atom stereocenters. The fourth-order valence-corrected chi connectivity index (χ4v) is 7.10. The van der Waals surface area contributed by atoms with Crippen LogP contribution in [0.15, 0.2) is 58.3 Å². The zero-order chi connectivity index (χ0) is 34.5. The van der Waals surface area contributed by atoms with Gasteiger partial charge in [-0.1, -0.05) is 42.8 Å². The van der Waals surface area contributed by atoms with E-state index in [0.717, 1.165) is 17.7 Å². The molecule has 4 aliphatic heterocycles. The maximum absolute atomic E-state index is 12.7. The Bertz CT molecular complexity index is 1510. The molecule has 0 spiro atoms. The van der Waals surface area contributed by atoms with Crippen molar-refractivity contribution in [2.24, 2.45) is 0 Å². The Morgan fingerprint density at radius 2 is 1.33 bits per heavy atom. The summed E-state index contributed by atoms with van der Waals surface area (Å²) < 4.78 is 92.5. The minimum atomic E-state index is -4.32. The number of hydrogen-bond acceptors (Lipinski definition) is 14. The molecule has 48 heavy (non-hydrogen) atoms. The summed E-state index contributed by atoms with van der Waals surface area (Å²) >= 11 is 5.30. The molecule has 0 aromatic heterocycles. The van der Waals surface area contributed by atoms with Gasteiger partial charge in [0, 0.05) is 14.2 Å². The maximum atomic E-state index is 12.7. The van der Waals surface area contributed by atoms with Crippen LogP contribution in [0.5, 0.6) is 0 Å². The number of hydrogen-bond donors (Lipinski definition) is 2. The standard InChI is InChI=1S/C21H26O10S2.C7H10O4.CH4.I3/c1-13-4-8-15(9-5-13)32(24,25)30-17(12-22)19-18(23)20(21(28-3)29-19)31-33(26,27)16-10-6-14(2)7-11-16;1-8-7-6-5(10-6)4(11-7)3-2-9-3;;1-3-2/h4-11,17-23H,12H2,1-3H3;3-7H,2H2,1H3;1H4;/q;;;-1/t17?,18-,19-,20?,21-;3?,4-,5-,6?,7-;;/m11../s1. The van der Waals surface area contributed by atoms with Gasteiger partial charge in [-0.25, -0.2) is 0 Å². The Morgan fingerprint density at radius 3 is 1.77 bits per heavy atom. The summed E-state index contributed by atoms with van der Waals surface area (Å²) in [7, 11) is -5.80. The molecule has 4 saturated heterocycles. The van der Waals surface area contributed by atoms with Gasteiger partial charge in [0.1, 0.15) is 42.7 Å². The summed E-state index contributed by atoms with van der Waals surface area (Å²) in [6.45, 7) is 3.54. The number of halogens is 3. The van der Waals surface area contributed by atoms with Crippen molar-refractivity contribution in [2.45, 2.75) is 92.5 Å². The van der Waals surface area contributed by atoms with E-state index in [1.807, 2.05) is 0 Å². The van der Waals surface area contributed by atoms with Gasteiger partial charge in [0.15, 0.2) is 18.7 Å². The summed E-state index contributed by atoms with van der Waals surface area (Å²) in [5.74, 6) is 0. The average molecular weight is 1060 g/mol. The first-order valence-electron chi connectivity index (χ1n) is 14.1. The van der Waals surface area contributed by atoms with Crippen LogP contribution in [0.1, 0.15) is 18.6 Å². The Labute approximate surface area is 311 Å². The van der Waals surface area contributed by atoms with Crippen LogP contribution in [0.2, 0.25) is 0 Å². The number of ether oxygens (including phenoxy) is 6. The SMILES string of the molecule is C.CO[C@@H]1O[C@H](C(CO)OS(=O)(=O)c2ccc(C)cc2)[C@@H](O)C1OS(=O)(=O)c1ccc(C)cc1.CO[C@@H]1O[C@H](C2CO2)[C@H]2OC12.I[I-]I. The van der Waals surface area contributed by atoms with E-state index in [-0.39, 0.29) is 47.9 Å². The molecular formula is C29H40I3O14S2-. The van der Waals surface area contributed by atoms with E-state index in [0.29, 0.717) is 13.3 Å². The first kappa shape index (κ1) is 42.5. The van der Waals surface area contributed by atoms with Crippen molar-refractivity contribution in [3.8, 4) is 0 Å². The molecule has 2 aromatic carbocycles. The Hall–Kier alpha value is 0.130. The molecule has 0 radical (unpaired) electrons. The molecule has 2 N–H and O–H groups in total. The van der Waals surface area contributed by atoms with Crippen molar-refractivity contribution in [3.63, 3.8) is 0 Å². The molecule has 0 saturated carbocycles. The van der Waals surface area contributed by atoms with Crippen LogP contribution in [-0.4, -0.2) is 116 Å². The topological polar surface area (TPSA) is 189 Å². The quantitative estimate of drug-likeness (QED) is 0.171. The first-order valence-corrected chi connectivity index (χ1v) is 29.5. The predicted octanol–water partition coefficient (Wildman–Crippen LogP) is -0.189. The molecule has 19 heteroatoms. The van der Waals surface area contributed by atoms with Gasteiger partial charge in [0.2, 0.25) is 0 Å². The second-order valence-electron chi connectivity index (χ2n) is 10.8. The third-order valence-corrected chi connectivity index (χ3v) is 10.2. The Balaban J connectivity index is 0.000000341. The molecule has 2 aromatic rings. The fourth-order valence-electron chi connectivity index (χ4n) is 4.94. The monoisotopic (exact) mass is 1060 g/mol. The van der Waals surface area contributed by atoms with Crippen LogP contribution in [0.4, 0.5) is 0 Å². The third kappa shape index (κ3) is 10.8. The first-order chi connectivity index (χ1) is 22.3. The summed E-state index contributed by atoms with van der Waals surface area (Å²) in [6, 6.07) is 11.7. The van der Waals surface area contributed by atoms with Gasteiger partial charge in [-0.2, -0.15) is 16.8 Å². The molecule has 10 atom stereocenters. The molecular weight excluding hydrogens is 1020 g/mol. The summed E-state index contributed by atoms with van der Waals surface area (Å²) in [6.07, 6.45) is -6.96. The van der Waals surface area contributed by atoms with Crippen molar-refractivity contribution < 1.29 is 77.1 Å². The zero-order valence-electron chi connectivity index (χ0n) is 25.6. The van der Waals surface area contributed by atoms with Gasteiger partial charge in [-0.3, -0.25) is 8.37 Å². The molecule has 274 valence electrons. The van der Waals surface area contributed by atoms with E-state index >= 15 is 0 Å². The number of rotatable bonds is 11. The van der Waals surface area contributed by atoms with Crippen molar-refractivity contribution in [1.29, 1.82) is 0 Å². The normalized spacial score (nSPS) is 31.0. The predicted molar refractivity (Wildman–Crippen MR) is 184 cm³/mol. The van der Waals surface area contributed by atoms with Gasteiger partial charge in [0.25, 0.3) is 20.2 Å². The number of fused-ring (bicyclic) bond motifs is 1. The van der Waals surface area contributed by atoms with E-state index in [9.17, 15) is 27.0 Å². The van der Waals surface area contributed by atoms with Crippen molar-refractivity contribution in [2.75, 3.05) is 27.4 Å². The molecule has 4 heterocycles. The second kappa shape index (κ2) is 18.8. The molecule has 0 bridgehead atoms. The van der Waals surface area contributed by atoms with Gasteiger partial charge >= 0.3 is 50.5 Å². The Kier molecular flexibility index (Phi) is 16.6. The summed E-state index contributed by atoms with van der Waals surface area (Å²) in [4.78, 5) is -0.299. The van der Waals surface area contributed by atoms with Crippen LogP contribution in [-0.2, 0) is 57.0 Å². The van der Waals surface area contributed by atoms with E-state index in [4.69, 9.17) is 36.8 Å². The van der Waals surface area contributed by atoms with E-state index < -0.39 is 57.5 Å². The zero-order valence-corrected chi connectivity index (χ0v) is 33.7. The van der Waals surface area contributed by atoms with Crippen LogP contribution < -0.4 is 13.3 Å². The number of benzene rings is 2. The number of aryl methyl sites for hydroxylation is 2. The van der Waals surface area contributed by atoms with Gasteiger partial charge in [0.05, 0.1) is 23.0 Å². The van der Waals surface area contributed by atoms with Gasteiger partial charge in [-0.05, 0) is 38.1 Å². The molecule has 14 nitrogen and oxygen atoms in total. The average Bonchev–Trinajstić information content (AvgIpc) is 3.98. The third-order valence-electron chi connectivity index (χ3n) is 7.52. The van der Waals surface area contributed by atoms with E-state index in [1.165, 1.54) is 31.4 Å². The number of aliphatic hydroxyl groups excluding tert-OH is 2. The molecule has 4 fully saturated rings.